The summed E-state index contributed by atoms with van der Waals surface area (Å²) in [5.74, 6) is -0.672. The lowest BCUT2D eigenvalue weighted by molar-refractivity contribution is 0.0472. The van der Waals surface area contributed by atoms with Crippen LogP contribution in [0.4, 0.5) is 0 Å². The van der Waals surface area contributed by atoms with Crippen molar-refractivity contribution in [1.82, 2.24) is 4.31 Å². The third-order valence-corrected chi connectivity index (χ3v) is 7.11. The van der Waals surface area contributed by atoms with E-state index in [1.165, 1.54) is 22.5 Å². The van der Waals surface area contributed by atoms with Crippen LogP contribution in [0.3, 0.4) is 0 Å². The number of hydrogen-bond donors (Lipinski definition) is 0. The number of hydrogen-bond acceptors (Lipinski definition) is 4. The SMILES string of the molecule is CCN(CC)S(=O)(=O)c1cc(C(=O)OCc2ccc(Cl)c(Cl)c2)ccc1Cl. The molecule has 9 heteroatoms. The van der Waals surface area contributed by atoms with E-state index in [0.717, 1.165) is 0 Å². The zero-order valence-electron chi connectivity index (χ0n) is 14.7. The molecule has 5 nitrogen and oxygen atoms in total. The highest BCUT2D eigenvalue weighted by molar-refractivity contribution is 7.89. The summed E-state index contributed by atoms with van der Waals surface area (Å²) in [7, 11) is -3.80. The lowest BCUT2D eigenvalue weighted by atomic mass is 10.2. The Balaban J connectivity index is 2.23. The van der Waals surface area contributed by atoms with Crippen molar-refractivity contribution in [2.24, 2.45) is 0 Å². The molecule has 0 saturated heterocycles. The van der Waals surface area contributed by atoms with Gasteiger partial charge in [0.2, 0.25) is 10.0 Å². The summed E-state index contributed by atoms with van der Waals surface area (Å²) in [5, 5.41) is 0.794. The predicted molar refractivity (Wildman–Crippen MR) is 107 cm³/mol. The van der Waals surface area contributed by atoms with Crippen molar-refractivity contribution in [3.05, 3.63) is 62.6 Å². The Morgan fingerprint density at radius 1 is 0.963 bits per heavy atom. The highest BCUT2D eigenvalue weighted by Crippen LogP contribution is 2.27. The monoisotopic (exact) mass is 449 g/mol. The lowest BCUT2D eigenvalue weighted by Crippen LogP contribution is -2.31. The Hall–Kier alpha value is -1.31. The van der Waals surface area contributed by atoms with Gasteiger partial charge in [-0.25, -0.2) is 13.2 Å². The smallest absolute Gasteiger partial charge is 0.338 e. The molecular formula is C18H18Cl3NO4S. The second-order valence-corrected chi connectivity index (χ2v) is 8.69. The van der Waals surface area contributed by atoms with Crippen LogP contribution in [0.25, 0.3) is 0 Å². The van der Waals surface area contributed by atoms with Gasteiger partial charge in [-0.15, -0.1) is 0 Å². The number of ether oxygens (including phenoxy) is 1. The van der Waals surface area contributed by atoms with E-state index in [2.05, 4.69) is 0 Å². The van der Waals surface area contributed by atoms with Crippen molar-refractivity contribution < 1.29 is 17.9 Å². The van der Waals surface area contributed by atoms with Gasteiger partial charge >= 0.3 is 5.97 Å². The van der Waals surface area contributed by atoms with Gasteiger partial charge in [0.05, 0.1) is 20.6 Å². The van der Waals surface area contributed by atoms with E-state index in [9.17, 15) is 13.2 Å². The van der Waals surface area contributed by atoms with Crippen LogP contribution in [0.5, 0.6) is 0 Å². The minimum absolute atomic E-state index is 0.0313. The lowest BCUT2D eigenvalue weighted by Gasteiger charge is -2.19. The Labute approximate surface area is 173 Å². The van der Waals surface area contributed by atoms with Gasteiger partial charge in [0, 0.05) is 13.1 Å². The second kappa shape index (κ2) is 9.26. The maximum atomic E-state index is 12.7. The molecule has 27 heavy (non-hydrogen) atoms. The molecule has 0 heterocycles. The summed E-state index contributed by atoms with van der Waals surface area (Å²) in [6, 6.07) is 8.89. The fourth-order valence-electron chi connectivity index (χ4n) is 2.39. The second-order valence-electron chi connectivity index (χ2n) is 5.56. The molecule has 0 radical (unpaired) electrons. The Bertz CT molecular complexity index is 944. The van der Waals surface area contributed by atoms with E-state index in [4.69, 9.17) is 39.5 Å². The average Bonchev–Trinajstić information content (AvgIpc) is 2.63. The number of rotatable bonds is 7. The van der Waals surface area contributed by atoms with Crippen molar-refractivity contribution >= 4 is 50.8 Å². The Kier molecular flexibility index (Phi) is 7.54. The van der Waals surface area contributed by atoms with Crippen molar-refractivity contribution in [3.8, 4) is 0 Å². The van der Waals surface area contributed by atoms with Gasteiger partial charge in [0.15, 0.2) is 0 Å². The van der Waals surface area contributed by atoms with Gasteiger partial charge in [0.1, 0.15) is 11.5 Å². The minimum atomic E-state index is -3.80. The van der Waals surface area contributed by atoms with Crippen LogP contribution in [0, 0.1) is 0 Å². The molecule has 0 aliphatic heterocycles. The average molecular weight is 451 g/mol. The van der Waals surface area contributed by atoms with Crippen LogP contribution >= 0.6 is 34.8 Å². The number of sulfonamides is 1. The highest BCUT2D eigenvalue weighted by Gasteiger charge is 2.25. The summed E-state index contributed by atoms with van der Waals surface area (Å²) in [5.41, 5.74) is 0.743. The van der Waals surface area contributed by atoms with Crippen molar-refractivity contribution in [3.63, 3.8) is 0 Å². The highest BCUT2D eigenvalue weighted by atomic mass is 35.5. The number of nitrogens with zero attached hydrogens (tertiary/aromatic N) is 1. The first-order valence-electron chi connectivity index (χ1n) is 8.11. The van der Waals surface area contributed by atoms with Gasteiger partial charge in [-0.3, -0.25) is 0 Å². The summed E-state index contributed by atoms with van der Waals surface area (Å²) < 4.78 is 31.9. The first-order valence-corrected chi connectivity index (χ1v) is 10.7. The Morgan fingerprint density at radius 2 is 1.59 bits per heavy atom. The third kappa shape index (κ3) is 5.15. The molecule has 0 saturated carbocycles. The molecule has 0 fully saturated rings. The van der Waals surface area contributed by atoms with Gasteiger partial charge in [-0.05, 0) is 35.9 Å². The summed E-state index contributed by atoms with van der Waals surface area (Å²) >= 11 is 17.8. The van der Waals surface area contributed by atoms with Crippen LogP contribution in [0.2, 0.25) is 15.1 Å². The molecule has 0 aromatic heterocycles. The zero-order valence-corrected chi connectivity index (χ0v) is 17.8. The fraction of sp³-hybridized carbons (Fsp3) is 0.278. The van der Waals surface area contributed by atoms with Gasteiger partial charge in [0.25, 0.3) is 0 Å². The van der Waals surface area contributed by atoms with Crippen molar-refractivity contribution in [2.75, 3.05) is 13.1 Å². The number of carbonyl (C=O) groups is 1. The molecule has 0 N–H and O–H groups in total. The van der Waals surface area contributed by atoms with E-state index in [-0.39, 0.29) is 22.1 Å². The molecule has 0 spiro atoms. The molecule has 0 atom stereocenters. The van der Waals surface area contributed by atoms with Crippen LogP contribution in [0.15, 0.2) is 41.3 Å². The van der Waals surface area contributed by atoms with Crippen LogP contribution < -0.4 is 0 Å². The van der Waals surface area contributed by atoms with E-state index in [1.807, 2.05) is 0 Å². The van der Waals surface area contributed by atoms with E-state index >= 15 is 0 Å². The molecule has 0 bridgehead atoms. The van der Waals surface area contributed by atoms with Crippen LogP contribution in [-0.2, 0) is 21.4 Å². The molecule has 0 aliphatic carbocycles. The van der Waals surface area contributed by atoms with Crippen molar-refractivity contribution in [2.45, 2.75) is 25.3 Å². The van der Waals surface area contributed by atoms with E-state index in [0.29, 0.717) is 28.7 Å². The minimum Gasteiger partial charge on any atom is -0.457 e. The molecule has 2 aromatic rings. The maximum absolute atomic E-state index is 12.7. The molecule has 146 valence electrons. The van der Waals surface area contributed by atoms with Crippen molar-refractivity contribution in [1.29, 1.82) is 0 Å². The van der Waals surface area contributed by atoms with Crippen LogP contribution in [-0.4, -0.2) is 31.8 Å². The topological polar surface area (TPSA) is 63.7 Å². The molecule has 0 unspecified atom stereocenters. The number of benzene rings is 2. The number of carbonyl (C=O) groups excluding carboxylic acids is 1. The Morgan fingerprint density at radius 3 is 2.19 bits per heavy atom. The quantitative estimate of drug-likeness (QED) is 0.555. The van der Waals surface area contributed by atoms with Crippen LogP contribution in [0.1, 0.15) is 29.8 Å². The maximum Gasteiger partial charge on any atom is 0.338 e. The normalized spacial score (nSPS) is 11.6. The van der Waals surface area contributed by atoms with Gasteiger partial charge < -0.3 is 4.74 Å². The molecule has 2 aromatic carbocycles. The number of esters is 1. The summed E-state index contributed by atoms with van der Waals surface area (Å²) in [4.78, 5) is 12.2. The third-order valence-electron chi connectivity index (χ3n) is 3.84. The van der Waals surface area contributed by atoms with Gasteiger partial charge in [-0.1, -0.05) is 54.7 Å². The zero-order chi connectivity index (χ0) is 20.2. The van der Waals surface area contributed by atoms with E-state index < -0.39 is 16.0 Å². The molecule has 0 aliphatic rings. The standard InChI is InChI=1S/C18H18Cl3NO4S/c1-3-22(4-2)27(24,25)17-10-13(6-8-15(17)20)18(23)26-11-12-5-7-14(19)16(21)9-12/h5-10H,3-4,11H2,1-2H3. The predicted octanol–water partition coefficient (Wildman–Crippen LogP) is 5.03. The summed E-state index contributed by atoms with van der Waals surface area (Å²) in [6.45, 7) is 4.01. The summed E-state index contributed by atoms with van der Waals surface area (Å²) in [6.07, 6.45) is 0. The van der Waals surface area contributed by atoms with E-state index in [1.54, 1.807) is 32.0 Å². The largest absolute Gasteiger partial charge is 0.457 e. The first-order chi connectivity index (χ1) is 12.7. The molecule has 0 amide bonds. The first kappa shape index (κ1) is 22.0. The fourth-order valence-corrected chi connectivity index (χ4v) is 4.67. The molecule has 2 rings (SSSR count). The number of halogens is 3. The van der Waals surface area contributed by atoms with Gasteiger partial charge in [-0.2, -0.15) is 4.31 Å². The molecular weight excluding hydrogens is 433 g/mol.